The zero-order valence-corrected chi connectivity index (χ0v) is 28.1. The van der Waals surface area contributed by atoms with Gasteiger partial charge in [0, 0.05) is 37.0 Å². The van der Waals surface area contributed by atoms with Gasteiger partial charge in [0.25, 0.3) is 0 Å². The van der Waals surface area contributed by atoms with E-state index in [4.69, 9.17) is 4.99 Å². The van der Waals surface area contributed by atoms with Crippen molar-refractivity contribution in [3.8, 4) is 11.1 Å². The van der Waals surface area contributed by atoms with Crippen molar-refractivity contribution in [1.82, 2.24) is 5.32 Å². The Morgan fingerprint density at radius 2 is 1.08 bits per heavy atom. The summed E-state index contributed by atoms with van der Waals surface area (Å²) in [5, 5.41) is 14.2. The molecule has 0 saturated heterocycles. The van der Waals surface area contributed by atoms with E-state index < -0.39 is 0 Å². The van der Waals surface area contributed by atoms with Crippen LogP contribution in [0.15, 0.2) is 175 Å². The predicted octanol–water partition coefficient (Wildman–Crippen LogP) is 12.7. The third-order valence-corrected chi connectivity index (χ3v) is 11.4. The lowest BCUT2D eigenvalue weighted by molar-refractivity contribution is 0.747. The van der Waals surface area contributed by atoms with Crippen LogP contribution in [0.5, 0.6) is 0 Å². The highest BCUT2D eigenvalue weighted by atomic mass is 32.1. The second kappa shape index (κ2) is 11.8. The first-order valence-electron chi connectivity index (χ1n) is 17.2. The molecule has 2 nitrogen and oxygen atoms in total. The lowest BCUT2D eigenvalue weighted by Crippen LogP contribution is -2.22. The normalized spacial score (nSPS) is 14.9. The molecule has 9 aromatic rings. The van der Waals surface area contributed by atoms with Crippen molar-refractivity contribution in [2.24, 2.45) is 4.99 Å². The monoisotopic (exact) mass is 656 g/mol. The van der Waals surface area contributed by atoms with Gasteiger partial charge in [0.05, 0.1) is 6.04 Å². The van der Waals surface area contributed by atoms with E-state index in [-0.39, 0.29) is 6.04 Å². The highest BCUT2D eigenvalue weighted by Gasteiger charge is 2.21. The predicted molar refractivity (Wildman–Crippen MR) is 215 cm³/mol. The highest BCUT2D eigenvalue weighted by Crippen LogP contribution is 2.40. The van der Waals surface area contributed by atoms with Crippen LogP contribution in [0.25, 0.3) is 69.3 Å². The van der Waals surface area contributed by atoms with Gasteiger partial charge in [-0.1, -0.05) is 152 Å². The van der Waals surface area contributed by atoms with Crippen molar-refractivity contribution in [1.29, 1.82) is 0 Å². The summed E-state index contributed by atoms with van der Waals surface area (Å²) in [7, 11) is 0. The molecule has 50 heavy (non-hydrogen) atoms. The summed E-state index contributed by atoms with van der Waals surface area (Å²) in [6.45, 7) is 0. The smallest absolute Gasteiger partial charge is 0.133 e. The molecule has 1 aromatic heterocycles. The van der Waals surface area contributed by atoms with Crippen LogP contribution < -0.4 is 5.32 Å². The summed E-state index contributed by atoms with van der Waals surface area (Å²) in [5.74, 6) is 0.895. The molecule has 0 fully saturated rings. The molecule has 10 rings (SSSR count). The minimum atomic E-state index is -0.0398. The number of amidine groups is 1. The number of thiophene rings is 1. The Labute approximate surface area is 294 Å². The molecule has 0 radical (unpaired) electrons. The number of nitrogens with one attached hydrogen (secondary N) is 1. The largest absolute Gasteiger partial charge is 0.340 e. The van der Waals surface area contributed by atoms with Gasteiger partial charge in [-0.3, -0.25) is 4.99 Å². The molecular formula is C47H32N2S. The van der Waals surface area contributed by atoms with Crippen molar-refractivity contribution >= 4 is 75.4 Å². The van der Waals surface area contributed by atoms with Crippen molar-refractivity contribution in [2.45, 2.75) is 12.5 Å². The number of aliphatic imine (C=N–C) groups is 1. The molecule has 1 N–H and O–H groups in total. The van der Waals surface area contributed by atoms with E-state index in [1.807, 2.05) is 11.3 Å². The molecule has 8 aromatic carbocycles. The molecule has 1 aliphatic rings. The van der Waals surface area contributed by atoms with E-state index in [0.29, 0.717) is 0 Å². The number of hydrogen-bond donors (Lipinski definition) is 1. The van der Waals surface area contributed by atoms with Gasteiger partial charge in [0.2, 0.25) is 0 Å². The summed E-state index contributed by atoms with van der Waals surface area (Å²) in [6, 6.07) is 59.4. The Bertz CT molecular complexity index is 2790. The van der Waals surface area contributed by atoms with E-state index >= 15 is 0 Å². The first-order valence-corrected chi connectivity index (χ1v) is 18.0. The summed E-state index contributed by atoms with van der Waals surface area (Å²) in [5.41, 5.74) is 7.04. The Kier molecular flexibility index (Phi) is 6.85. The molecule has 0 saturated carbocycles. The number of fused-ring (bicyclic) bond motifs is 9. The van der Waals surface area contributed by atoms with Crippen LogP contribution in [0, 0.1) is 0 Å². The van der Waals surface area contributed by atoms with E-state index in [9.17, 15) is 0 Å². The van der Waals surface area contributed by atoms with Crippen LogP contribution in [-0.2, 0) is 0 Å². The summed E-state index contributed by atoms with van der Waals surface area (Å²) >= 11 is 1.86. The van der Waals surface area contributed by atoms with E-state index in [1.54, 1.807) is 0 Å². The van der Waals surface area contributed by atoms with E-state index in [2.05, 4.69) is 175 Å². The average molecular weight is 657 g/mol. The maximum absolute atomic E-state index is 5.43. The molecule has 0 bridgehead atoms. The first kappa shape index (κ1) is 28.9. The van der Waals surface area contributed by atoms with Gasteiger partial charge in [-0.15, -0.1) is 11.3 Å². The third kappa shape index (κ3) is 4.81. The van der Waals surface area contributed by atoms with Gasteiger partial charge in [0.15, 0.2) is 0 Å². The zero-order chi connectivity index (χ0) is 33.0. The quantitative estimate of drug-likeness (QED) is 0.187. The SMILES string of the molecule is C1=C(c2cccc3c2sc2ccccc23)NC(c2ccccc2)=NC(c2cccc(-c3ccc4c5ccccc5c5ccccc5c4c3)c2)C1. The second-order valence-corrected chi connectivity index (χ2v) is 14.1. The topological polar surface area (TPSA) is 24.4 Å². The fraction of sp³-hybridized carbons (Fsp3) is 0.0426. The van der Waals surface area contributed by atoms with Crippen LogP contribution in [0.2, 0.25) is 0 Å². The van der Waals surface area contributed by atoms with Gasteiger partial charge >= 0.3 is 0 Å². The minimum absolute atomic E-state index is 0.0398. The Morgan fingerprint density at radius 1 is 0.480 bits per heavy atom. The fourth-order valence-corrected chi connectivity index (χ4v) is 8.98. The maximum Gasteiger partial charge on any atom is 0.133 e. The lowest BCUT2D eigenvalue weighted by atomic mass is 9.91. The molecule has 3 heteroatoms. The van der Waals surface area contributed by atoms with Gasteiger partial charge < -0.3 is 5.32 Å². The number of nitrogens with zero attached hydrogens (tertiary/aromatic N) is 1. The van der Waals surface area contributed by atoms with Gasteiger partial charge in [-0.25, -0.2) is 0 Å². The van der Waals surface area contributed by atoms with E-state index in [1.165, 1.54) is 74.7 Å². The standard InChI is InChI=1S/C47H32N2S/c1-2-12-30(13-3-1)47-48-43(26-27-44(49-47)41-22-11-21-40-39-20-8-9-23-45(39)50-46(40)41)33-15-10-14-31(28-33)32-24-25-38-36-18-5-4-16-34(36)35-17-6-7-19-37(35)42(38)29-32/h1-25,27-29,43H,26H2,(H,48,49). The van der Waals surface area contributed by atoms with Crippen molar-refractivity contribution < 1.29 is 0 Å². The first-order chi connectivity index (χ1) is 24.8. The molecule has 0 spiro atoms. The minimum Gasteiger partial charge on any atom is -0.340 e. The van der Waals surface area contributed by atoms with Crippen LogP contribution in [-0.4, -0.2) is 5.84 Å². The van der Waals surface area contributed by atoms with Crippen molar-refractivity contribution in [3.05, 3.63) is 187 Å². The van der Waals surface area contributed by atoms with Crippen molar-refractivity contribution in [3.63, 3.8) is 0 Å². The van der Waals surface area contributed by atoms with Crippen LogP contribution in [0.3, 0.4) is 0 Å². The molecular weight excluding hydrogens is 625 g/mol. The molecule has 0 amide bonds. The summed E-state index contributed by atoms with van der Waals surface area (Å²) in [4.78, 5) is 5.43. The Hall–Kier alpha value is -6.03. The Morgan fingerprint density at radius 3 is 1.86 bits per heavy atom. The number of benzene rings is 8. The van der Waals surface area contributed by atoms with Crippen molar-refractivity contribution in [2.75, 3.05) is 0 Å². The highest BCUT2D eigenvalue weighted by molar-refractivity contribution is 7.26. The van der Waals surface area contributed by atoms with Gasteiger partial charge in [-0.2, -0.15) is 0 Å². The van der Waals surface area contributed by atoms with Gasteiger partial charge in [0.1, 0.15) is 5.84 Å². The molecule has 236 valence electrons. The number of hydrogen-bond acceptors (Lipinski definition) is 3. The lowest BCUT2D eigenvalue weighted by Gasteiger charge is -2.15. The molecule has 0 aliphatic carbocycles. The van der Waals surface area contributed by atoms with Gasteiger partial charge in [-0.05, 0) is 73.6 Å². The Balaban J connectivity index is 1.08. The molecule has 1 unspecified atom stereocenters. The van der Waals surface area contributed by atoms with E-state index in [0.717, 1.165) is 23.5 Å². The molecule has 2 heterocycles. The second-order valence-electron chi connectivity index (χ2n) is 13.1. The average Bonchev–Trinajstić information content (AvgIpc) is 3.43. The van der Waals surface area contributed by atoms with Crippen LogP contribution >= 0.6 is 11.3 Å². The zero-order valence-electron chi connectivity index (χ0n) is 27.3. The number of rotatable bonds is 4. The van der Waals surface area contributed by atoms with Crippen LogP contribution in [0.4, 0.5) is 0 Å². The molecule has 1 atom stereocenters. The maximum atomic E-state index is 5.43. The summed E-state index contributed by atoms with van der Waals surface area (Å²) < 4.78 is 2.61. The third-order valence-electron chi connectivity index (χ3n) is 10.2. The summed E-state index contributed by atoms with van der Waals surface area (Å²) in [6.07, 6.45) is 3.14. The van der Waals surface area contributed by atoms with Crippen LogP contribution in [0.1, 0.15) is 29.2 Å². The fourth-order valence-electron chi connectivity index (χ4n) is 7.75. The molecule has 1 aliphatic heterocycles.